The predicted molar refractivity (Wildman–Crippen MR) is 71.4 cm³/mol. The maximum absolute atomic E-state index is 10.9. The number of hydrogen-bond donors (Lipinski definition) is 2. The topological polar surface area (TPSA) is 86.2 Å². The van der Waals surface area contributed by atoms with Gasteiger partial charge in [0.2, 0.25) is 11.8 Å². The quantitative estimate of drug-likeness (QED) is 0.702. The van der Waals surface area contributed by atoms with Crippen molar-refractivity contribution in [2.75, 3.05) is 0 Å². The van der Waals surface area contributed by atoms with Crippen molar-refractivity contribution in [2.45, 2.75) is 38.5 Å². The summed E-state index contributed by atoms with van der Waals surface area (Å²) in [6.07, 6.45) is 5.57. The fourth-order valence-corrected chi connectivity index (χ4v) is 2.54. The molecule has 0 bridgehead atoms. The summed E-state index contributed by atoms with van der Waals surface area (Å²) in [6.45, 7) is 7.38. The normalized spacial score (nSPS) is 23.3. The van der Waals surface area contributed by atoms with Gasteiger partial charge in [0.05, 0.1) is 0 Å². The second-order valence-electron chi connectivity index (χ2n) is 5.23. The molecule has 0 heterocycles. The summed E-state index contributed by atoms with van der Waals surface area (Å²) < 4.78 is 0. The second-order valence-corrected chi connectivity index (χ2v) is 5.23. The predicted octanol–water partition coefficient (Wildman–Crippen LogP) is 1.66. The van der Waals surface area contributed by atoms with Crippen LogP contribution in [-0.2, 0) is 9.59 Å². The monoisotopic (exact) mass is 250 g/mol. The molecule has 100 valence electrons. The van der Waals surface area contributed by atoms with Gasteiger partial charge >= 0.3 is 0 Å². The summed E-state index contributed by atoms with van der Waals surface area (Å²) in [4.78, 5) is 21.8. The molecule has 0 radical (unpaired) electrons. The molecule has 0 spiro atoms. The molecule has 2 amide bonds. The Morgan fingerprint density at radius 2 is 1.11 bits per heavy atom. The van der Waals surface area contributed by atoms with E-state index < -0.39 is 11.8 Å². The fourth-order valence-electron chi connectivity index (χ4n) is 2.54. The molecular formula is C14H22N2O2. The number of primary amides is 2. The molecule has 1 fully saturated rings. The molecule has 4 N–H and O–H groups in total. The van der Waals surface area contributed by atoms with Crippen LogP contribution in [0.25, 0.3) is 0 Å². The van der Waals surface area contributed by atoms with E-state index in [-0.39, 0.29) is 0 Å². The van der Waals surface area contributed by atoms with Crippen molar-refractivity contribution in [2.24, 2.45) is 23.3 Å². The first kappa shape index (κ1) is 14.5. The van der Waals surface area contributed by atoms with E-state index in [0.29, 0.717) is 35.8 Å². The van der Waals surface area contributed by atoms with Crippen LogP contribution >= 0.6 is 0 Å². The van der Waals surface area contributed by atoms with Crippen molar-refractivity contribution in [3.63, 3.8) is 0 Å². The van der Waals surface area contributed by atoms with Crippen molar-refractivity contribution < 1.29 is 9.59 Å². The highest BCUT2D eigenvalue weighted by Gasteiger charge is 2.23. The highest BCUT2D eigenvalue weighted by atomic mass is 16.1. The highest BCUT2D eigenvalue weighted by Crippen LogP contribution is 2.35. The molecule has 1 saturated carbocycles. The highest BCUT2D eigenvalue weighted by molar-refractivity contribution is 5.91. The van der Waals surface area contributed by atoms with E-state index in [1.165, 1.54) is 0 Å². The Balaban J connectivity index is 2.33. The molecule has 18 heavy (non-hydrogen) atoms. The minimum atomic E-state index is -0.403. The molecule has 0 aliphatic heterocycles. The molecule has 1 rings (SSSR count). The molecular weight excluding hydrogens is 228 g/mol. The Morgan fingerprint density at radius 3 is 1.33 bits per heavy atom. The largest absolute Gasteiger partial charge is 0.366 e. The minimum Gasteiger partial charge on any atom is -0.366 e. The molecule has 0 aromatic rings. The lowest BCUT2D eigenvalue weighted by Gasteiger charge is -2.28. The lowest BCUT2D eigenvalue weighted by molar-refractivity contribution is -0.115. The summed E-state index contributed by atoms with van der Waals surface area (Å²) >= 11 is 0. The van der Waals surface area contributed by atoms with Crippen LogP contribution < -0.4 is 11.5 Å². The minimum absolute atomic E-state index is 0.403. The lowest BCUT2D eigenvalue weighted by Crippen LogP contribution is -2.21. The first-order valence-corrected chi connectivity index (χ1v) is 6.35. The van der Waals surface area contributed by atoms with E-state index in [2.05, 4.69) is 13.2 Å². The van der Waals surface area contributed by atoms with Gasteiger partial charge in [0.15, 0.2) is 0 Å². The zero-order chi connectivity index (χ0) is 13.7. The van der Waals surface area contributed by atoms with Gasteiger partial charge in [0, 0.05) is 11.1 Å². The molecule has 4 heteroatoms. The van der Waals surface area contributed by atoms with Crippen molar-refractivity contribution in [1.82, 2.24) is 0 Å². The average molecular weight is 250 g/mol. The Labute approximate surface area is 108 Å². The van der Waals surface area contributed by atoms with Crippen molar-refractivity contribution in [1.29, 1.82) is 0 Å². The van der Waals surface area contributed by atoms with Gasteiger partial charge in [-0.05, 0) is 50.4 Å². The molecule has 0 saturated heterocycles. The van der Waals surface area contributed by atoms with Crippen molar-refractivity contribution in [3.8, 4) is 0 Å². The van der Waals surface area contributed by atoms with Gasteiger partial charge in [-0.15, -0.1) is 0 Å². The lowest BCUT2D eigenvalue weighted by atomic mass is 9.77. The second kappa shape index (κ2) is 6.38. The first-order valence-electron chi connectivity index (χ1n) is 6.35. The van der Waals surface area contributed by atoms with Crippen LogP contribution in [0.15, 0.2) is 24.3 Å². The molecule has 1 aliphatic rings. The van der Waals surface area contributed by atoms with E-state index in [0.717, 1.165) is 25.7 Å². The Morgan fingerprint density at radius 1 is 0.833 bits per heavy atom. The Bertz CT molecular complexity index is 330. The van der Waals surface area contributed by atoms with Gasteiger partial charge in [-0.1, -0.05) is 13.2 Å². The maximum atomic E-state index is 10.9. The van der Waals surface area contributed by atoms with Gasteiger partial charge in [-0.25, -0.2) is 0 Å². The van der Waals surface area contributed by atoms with E-state index in [9.17, 15) is 9.59 Å². The van der Waals surface area contributed by atoms with Crippen LogP contribution in [0, 0.1) is 11.8 Å². The Hall–Kier alpha value is -1.58. The van der Waals surface area contributed by atoms with Gasteiger partial charge in [-0.3, -0.25) is 9.59 Å². The summed E-state index contributed by atoms with van der Waals surface area (Å²) in [6, 6.07) is 0. The zero-order valence-corrected chi connectivity index (χ0v) is 10.8. The average Bonchev–Trinajstić information content (AvgIpc) is 2.31. The van der Waals surface area contributed by atoms with E-state index in [1.807, 2.05) is 0 Å². The van der Waals surface area contributed by atoms with Gasteiger partial charge in [0.25, 0.3) is 0 Å². The summed E-state index contributed by atoms with van der Waals surface area (Å²) in [7, 11) is 0. The SMILES string of the molecule is C=C(CC1CCC(CC(=C)C(N)=O)CC1)C(N)=O. The number of hydrogen-bond acceptors (Lipinski definition) is 2. The van der Waals surface area contributed by atoms with E-state index in [4.69, 9.17) is 11.5 Å². The molecule has 1 aliphatic carbocycles. The Kier molecular flexibility index (Phi) is 5.13. The van der Waals surface area contributed by atoms with E-state index >= 15 is 0 Å². The van der Waals surface area contributed by atoms with Crippen LogP contribution in [0.4, 0.5) is 0 Å². The maximum Gasteiger partial charge on any atom is 0.244 e. The van der Waals surface area contributed by atoms with Crippen LogP contribution in [-0.4, -0.2) is 11.8 Å². The first-order chi connectivity index (χ1) is 8.40. The summed E-state index contributed by atoms with van der Waals surface area (Å²) in [5.41, 5.74) is 11.4. The number of amides is 2. The molecule has 0 unspecified atom stereocenters. The van der Waals surface area contributed by atoms with Crippen LogP contribution in [0.3, 0.4) is 0 Å². The number of carbonyl (C=O) groups is 2. The van der Waals surface area contributed by atoms with E-state index in [1.54, 1.807) is 0 Å². The fraction of sp³-hybridized carbons (Fsp3) is 0.571. The van der Waals surface area contributed by atoms with Crippen molar-refractivity contribution >= 4 is 11.8 Å². The van der Waals surface area contributed by atoms with Gasteiger partial charge in [0.1, 0.15) is 0 Å². The van der Waals surface area contributed by atoms with Crippen LogP contribution in [0.5, 0.6) is 0 Å². The molecule has 4 nitrogen and oxygen atoms in total. The smallest absolute Gasteiger partial charge is 0.244 e. The standard InChI is InChI=1S/C14H22N2O2/c1-9(13(15)17)7-11-3-5-12(6-4-11)8-10(2)14(16)18/h11-12H,1-8H2,(H2,15,17)(H2,16,18). The van der Waals surface area contributed by atoms with Crippen molar-refractivity contribution in [3.05, 3.63) is 24.3 Å². The third-order valence-electron chi connectivity index (χ3n) is 3.73. The summed E-state index contributed by atoms with van der Waals surface area (Å²) in [5.74, 6) is 0.171. The third kappa shape index (κ3) is 4.35. The molecule has 0 atom stereocenters. The van der Waals surface area contributed by atoms with Crippen LogP contribution in [0.1, 0.15) is 38.5 Å². The van der Waals surface area contributed by atoms with Gasteiger partial charge < -0.3 is 11.5 Å². The van der Waals surface area contributed by atoms with Crippen LogP contribution in [0.2, 0.25) is 0 Å². The molecule has 0 aromatic heterocycles. The number of carbonyl (C=O) groups excluding carboxylic acids is 2. The summed E-state index contributed by atoms with van der Waals surface area (Å²) in [5, 5.41) is 0. The number of nitrogens with two attached hydrogens (primary N) is 2. The number of rotatable bonds is 6. The molecule has 0 aromatic carbocycles. The zero-order valence-electron chi connectivity index (χ0n) is 10.8. The third-order valence-corrected chi connectivity index (χ3v) is 3.73. The van der Waals surface area contributed by atoms with Gasteiger partial charge in [-0.2, -0.15) is 0 Å².